The molecule has 6 nitrogen and oxygen atoms in total. The van der Waals surface area contributed by atoms with E-state index in [4.69, 9.17) is 17.3 Å². The van der Waals surface area contributed by atoms with Crippen LogP contribution in [0.5, 0.6) is 0 Å². The third kappa shape index (κ3) is 6.76. The van der Waals surface area contributed by atoms with Crippen LogP contribution in [0.3, 0.4) is 0 Å². The molecule has 0 radical (unpaired) electrons. The zero-order chi connectivity index (χ0) is 28.5. The van der Waals surface area contributed by atoms with E-state index in [2.05, 4.69) is 10.3 Å². The maximum atomic E-state index is 13.9. The number of amides is 2. The Hall–Kier alpha value is -2.86. The Kier molecular flexibility index (Phi) is 8.67. The van der Waals surface area contributed by atoms with Crippen LogP contribution in [0.1, 0.15) is 52.4 Å². The molecule has 2 unspecified atom stereocenters. The Morgan fingerprint density at radius 1 is 1.13 bits per heavy atom. The fourth-order valence-corrected chi connectivity index (χ4v) is 4.68. The fraction of sp³-hybridized carbons (Fsp3) is 0.480. The van der Waals surface area contributed by atoms with Gasteiger partial charge in [0.2, 0.25) is 11.8 Å². The van der Waals surface area contributed by atoms with Gasteiger partial charge >= 0.3 is 12.4 Å². The summed E-state index contributed by atoms with van der Waals surface area (Å²) in [5.74, 6) is -2.70. The van der Waals surface area contributed by atoms with Gasteiger partial charge in [0.15, 0.2) is 0 Å². The first-order chi connectivity index (χ1) is 17.5. The number of aromatic nitrogens is 1. The Balaban J connectivity index is 1.74. The number of halogens is 7. The van der Waals surface area contributed by atoms with Gasteiger partial charge in [-0.2, -0.15) is 26.3 Å². The van der Waals surface area contributed by atoms with Gasteiger partial charge in [-0.15, -0.1) is 0 Å². The van der Waals surface area contributed by atoms with Gasteiger partial charge in [0, 0.05) is 41.7 Å². The summed E-state index contributed by atoms with van der Waals surface area (Å²) in [6, 6.07) is 5.86. The normalized spacial score (nSPS) is 16.7. The van der Waals surface area contributed by atoms with Crippen molar-refractivity contribution in [2.24, 2.45) is 11.1 Å². The lowest BCUT2D eigenvalue weighted by atomic mass is 9.80. The van der Waals surface area contributed by atoms with E-state index in [0.717, 1.165) is 12.3 Å². The number of carbonyl (C=O) groups is 2. The molecule has 208 valence electrons. The number of carbonyl (C=O) groups excluding carboxylic acids is 2. The van der Waals surface area contributed by atoms with Gasteiger partial charge in [-0.25, -0.2) is 0 Å². The molecule has 1 fully saturated rings. The highest BCUT2D eigenvalue weighted by atomic mass is 35.5. The van der Waals surface area contributed by atoms with Crippen molar-refractivity contribution in [2.75, 3.05) is 20.6 Å². The number of nitrogens with two attached hydrogens (primary N) is 1. The van der Waals surface area contributed by atoms with Crippen LogP contribution >= 0.6 is 11.6 Å². The summed E-state index contributed by atoms with van der Waals surface area (Å²) in [7, 11) is 3.50. The predicted octanol–water partition coefficient (Wildman–Crippen LogP) is 4.96. The molecular formula is C25H27ClF6N4O2. The molecule has 1 aliphatic rings. The molecule has 3 N–H and O–H groups in total. The minimum Gasteiger partial charge on any atom is -0.366 e. The maximum absolute atomic E-state index is 13.9. The van der Waals surface area contributed by atoms with Crippen molar-refractivity contribution in [1.82, 2.24) is 15.2 Å². The van der Waals surface area contributed by atoms with Crippen molar-refractivity contribution in [1.29, 1.82) is 0 Å². The van der Waals surface area contributed by atoms with Crippen molar-refractivity contribution in [2.45, 2.75) is 50.0 Å². The summed E-state index contributed by atoms with van der Waals surface area (Å²) in [5, 5.41) is 2.96. The number of benzene rings is 1. The molecule has 0 saturated heterocycles. The maximum Gasteiger partial charge on any atom is 0.433 e. The zero-order valence-electron chi connectivity index (χ0n) is 20.6. The molecule has 13 heteroatoms. The number of nitrogens with zero attached hydrogens (tertiary/aromatic N) is 2. The second-order valence-electron chi connectivity index (χ2n) is 9.68. The van der Waals surface area contributed by atoms with Crippen LogP contribution in [0.25, 0.3) is 0 Å². The van der Waals surface area contributed by atoms with E-state index >= 15 is 0 Å². The summed E-state index contributed by atoms with van der Waals surface area (Å²) in [4.78, 5) is 29.3. The van der Waals surface area contributed by atoms with E-state index < -0.39 is 47.6 Å². The topological polar surface area (TPSA) is 88.3 Å². The third-order valence-corrected chi connectivity index (χ3v) is 7.30. The summed E-state index contributed by atoms with van der Waals surface area (Å²) in [6.45, 7) is 0.0662. The Labute approximate surface area is 220 Å². The lowest BCUT2D eigenvalue weighted by Crippen LogP contribution is -2.42. The van der Waals surface area contributed by atoms with Gasteiger partial charge in [-0.05, 0) is 62.7 Å². The van der Waals surface area contributed by atoms with Crippen LogP contribution < -0.4 is 11.1 Å². The minimum atomic E-state index is -4.74. The molecule has 1 heterocycles. The van der Waals surface area contributed by atoms with Crippen molar-refractivity contribution in [3.63, 3.8) is 0 Å². The first kappa shape index (κ1) is 29.7. The molecular weight excluding hydrogens is 538 g/mol. The Morgan fingerprint density at radius 2 is 1.79 bits per heavy atom. The van der Waals surface area contributed by atoms with Crippen LogP contribution in [0, 0.1) is 5.41 Å². The molecule has 1 aromatic heterocycles. The van der Waals surface area contributed by atoms with Crippen molar-refractivity contribution in [3.05, 3.63) is 63.9 Å². The highest BCUT2D eigenvalue weighted by Crippen LogP contribution is 2.66. The average Bonchev–Trinajstić information content (AvgIpc) is 3.62. The summed E-state index contributed by atoms with van der Waals surface area (Å²) < 4.78 is 80.6. The van der Waals surface area contributed by atoms with Crippen LogP contribution in [0.15, 0.2) is 36.5 Å². The fourth-order valence-electron chi connectivity index (χ4n) is 4.42. The van der Waals surface area contributed by atoms with Gasteiger partial charge in [0.05, 0.1) is 5.41 Å². The third-order valence-electron chi connectivity index (χ3n) is 6.95. The molecule has 38 heavy (non-hydrogen) atoms. The zero-order valence-corrected chi connectivity index (χ0v) is 21.3. The molecule has 2 amide bonds. The van der Waals surface area contributed by atoms with Gasteiger partial charge in [-0.3, -0.25) is 14.6 Å². The number of nitrogens with one attached hydrogen (secondary N) is 1. The average molecular weight is 565 g/mol. The molecule has 2 aromatic rings. The lowest BCUT2D eigenvalue weighted by Gasteiger charge is -2.30. The van der Waals surface area contributed by atoms with E-state index in [0.29, 0.717) is 23.1 Å². The second kappa shape index (κ2) is 11.1. The molecule has 1 aromatic carbocycles. The van der Waals surface area contributed by atoms with Crippen LogP contribution in [0.2, 0.25) is 5.02 Å². The minimum absolute atomic E-state index is 0.0662. The summed E-state index contributed by atoms with van der Waals surface area (Å²) in [6.07, 6.45) is -9.28. The number of hydrogen-bond donors (Lipinski definition) is 2. The number of rotatable bonds is 10. The number of alkyl halides is 6. The first-order valence-corrected chi connectivity index (χ1v) is 12.0. The monoisotopic (exact) mass is 564 g/mol. The number of primary amides is 1. The van der Waals surface area contributed by atoms with Crippen LogP contribution in [-0.4, -0.2) is 54.6 Å². The van der Waals surface area contributed by atoms with E-state index in [1.54, 1.807) is 25.1 Å². The lowest BCUT2D eigenvalue weighted by molar-refractivity contribution is -0.194. The number of hydrogen-bond acceptors (Lipinski definition) is 4. The highest BCUT2D eigenvalue weighted by Gasteiger charge is 2.67. The SMILES string of the molecule is CN(C)C(CNC(=O)CC(c1ccc(C(F)(F)F)nc1)C1(C(F)(F)F)CC1)Cc1ccc(C(N)=O)cc1Cl. The summed E-state index contributed by atoms with van der Waals surface area (Å²) in [5.41, 5.74) is 2.67. The Morgan fingerprint density at radius 3 is 2.24 bits per heavy atom. The summed E-state index contributed by atoms with van der Waals surface area (Å²) >= 11 is 6.26. The molecule has 0 bridgehead atoms. The van der Waals surface area contributed by atoms with Crippen molar-refractivity contribution >= 4 is 23.4 Å². The quantitative estimate of drug-likeness (QED) is 0.399. The van der Waals surface area contributed by atoms with Crippen molar-refractivity contribution < 1.29 is 35.9 Å². The van der Waals surface area contributed by atoms with E-state index in [1.165, 1.54) is 12.1 Å². The molecule has 0 spiro atoms. The van der Waals surface area contributed by atoms with Gasteiger partial charge in [0.1, 0.15) is 5.69 Å². The molecule has 2 atom stereocenters. The van der Waals surface area contributed by atoms with Gasteiger partial charge in [0.25, 0.3) is 0 Å². The van der Waals surface area contributed by atoms with E-state index in [9.17, 15) is 35.9 Å². The highest BCUT2D eigenvalue weighted by molar-refractivity contribution is 6.31. The largest absolute Gasteiger partial charge is 0.433 e. The molecule has 1 aliphatic carbocycles. The number of likely N-dealkylation sites (N-methyl/N-ethyl adjacent to an activating group) is 1. The number of pyridine rings is 1. The second-order valence-corrected chi connectivity index (χ2v) is 10.1. The Bertz CT molecular complexity index is 1160. The predicted molar refractivity (Wildman–Crippen MR) is 128 cm³/mol. The standard InChI is InChI=1S/C25H27ClF6N4O2/c1-36(2)17(9-14-3-4-15(22(33)38)10-19(14)26)13-35-21(37)11-18(23(7-8-23)25(30,31)32)16-5-6-20(34-12-16)24(27,28)29/h3-6,10,12,17-18H,7-9,11,13H2,1-2H3,(H2,33,38)(H,35,37). The van der Waals surface area contributed by atoms with Crippen LogP contribution in [0.4, 0.5) is 26.3 Å². The smallest absolute Gasteiger partial charge is 0.366 e. The molecule has 0 aliphatic heterocycles. The van der Waals surface area contributed by atoms with Crippen molar-refractivity contribution in [3.8, 4) is 0 Å². The van der Waals surface area contributed by atoms with E-state index in [-0.39, 0.29) is 36.6 Å². The van der Waals surface area contributed by atoms with Crippen LogP contribution in [-0.2, 0) is 17.4 Å². The molecule has 1 saturated carbocycles. The van der Waals surface area contributed by atoms with Gasteiger partial charge in [-0.1, -0.05) is 23.7 Å². The molecule has 3 rings (SSSR count). The van der Waals surface area contributed by atoms with E-state index in [1.807, 2.05) is 0 Å². The van der Waals surface area contributed by atoms with Gasteiger partial charge < -0.3 is 16.0 Å². The first-order valence-electron chi connectivity index (χ1n) is 11.7.